The number of hydrogen-bond donors (Lipinski definition) is 0. The summed E-state index contributed by atoms with van der Waals surface area (Å²) in [6.07, 6.45) is 3.62. The number of pyridine rings is 1. The molecule has 0 N–H and O–H groups in total. The molecule has 6 nitrogen and oxygen atoms in total. The topological polar surface area (TPSA) is 64.4 Å². The predicted octanol–water partition coefficient (Wildman–Crippen LogP) is 3.84. The Kier molecular flexibility index (Phi) is 4.56. The zero-order valence-electron chi connectivity index (χ0n) is 16.5. The molecular weight excluding hydrogens is 398 g/mol. The van der Waals surface area contributed by atoms with Crippen molar-refractivity contribution in [3.05, 3.63) is 90.4 Å². The molecule has 0 fully saturated rings. The molecule has 0 saturated carbocycles. The Balaban J connectivity index is 1.70. The molecule has 0 spiro atoms. The van der Waals surface area contributed by atoms with E-state index < -0.39 is 16.1 Å². The highest BCUT2D eigenvalue weighted by Gasteiger charge is 2.38. The SMILES string of the molecule is COc1cccc([C@@H]2c3cccn3CCN2S(=O)(=O)c2cccc3cccnc23)c1. The summed E-state index contributed by atoms with van der Waals surface area (Å²) in [5.74, 6) is 0.695. The number of rotatable bonds is 4. The molecule has 2 aromatic carbocycles. The average Bonchev–Trinajstić information content (AvgIpc) is 3.27. The van der Waals surface area contributed by atoms with E-state index in [1.54, 1.807) is 29.7 Å². The number of sulfonamides is 1. The van der Waals surface area contributed by atoms with Crippen molar-refractivity contribution in [3.8, 4) is 5.75 Å². The minimum absolute atomic E-state index is 0.230. The van der Waals surface area contributed by atoms with Crippen LogP contribution >= 0.6 is 0 Å². The van der Waals surface area contributed by atoms with Gasteiger partial charge in [0, 0.05) is 36.6 Å². The van der Waals surface area contributed by atoms with Crippen molar-refractivity contribution < 1.29 is 13.2 Å². The maximum Gasteiger partial charge on any atom is 0.246 e. The Labute approximate surface area is 175 Å². The van der Waals surface area contributed by atoms with E-state index in [2.05, 4.69) is 9.55 Å². The zero-order valence-corrected chi connectivity index (χ0v) is 17.3. The van der Waals surface area contributed by atoms with Gasteiger partial charge in [-0.2, -0.15) is 4.31 Å². The molecule has 0 saturated heterocycles. The van der Waals surface area contributed by atoms with Crippen molar-refractivity contribution in [1.29, 1.82) is 0 Å². The Morgan fingerprint density at radius 1 is 1.00 bits per heavy atom. The number of benzene rings is 2. The van der Waals surface area contributed by atoms with E-state index >= 15 is 0 Å². The van der Waals surface area contributed by atoms with Crippen molar-refractivity contribution in [2.24, 2.45) is 0 Å². The van der Waals surface area contributed by atoms with Gasteiger partial charge >= 0.3 is 0 Å². The van der Waals surface area contributed by atoms with E-state index in [4.69, 9.17) is 4.74 Å². The van der Waals surface area contributed by atoms with Gasteiger partial charge in [-0.15, -0.1) is 0 Å². The van der Waals surface area contributed by atoms with E-state index in [-0.39, 0.29) is 4.90 Å². The van der Waals surface area contributed by atoms with Crippen molar-refractivity contribution >= 4 is 20.9 Å². The molecule has 0 unspecified atom stereocenters. The fourth-order valence-electron chi connectivity index (χ4n) is 4.18. The van der Waals surface area contributed by atoms with Crippen LogP contribution in [0, 0.1) is 0 Å². The molecular formula is C23H21N3O3S. The number of fused-ring (bicyclic) bond motifs is 2. The standard InChI is InChI=1S/C23H21N3O3S/c1-29-19-9-2-7-18(16-19)23-20-10-5-13-25(20)14-15-26(23)30(27,28)21-11-3-6-17-8-4-12-24-22(17)21/h2-13,16,23H,14-15H2,1H3/t23-/m1/s1. The van der Waals surface area contributed by atoms with Gasteiger partial charge in [-0.05, 0) is 42.0 Å². The van der Waals surface area contributed by atoms with Gasteiger partial charge in [-0.25, -0.2) is 8.42 Å². The molecule has 0 radical (unpaired) electrons. The van der Waals surface area contributed by atoms with Crippen LogP contribution in [0.25, 0.3) is 10.9 Å². The van der Waals surface area contributed by atoms with E-state index in [1.807, 2.05) is 60.8 Å². The van der Waals surface area contributed by atoms with Crippen LogP contribution < -0.4 is 4.74 Å². The molecule has 0 bridgehead atoms. The van der Waals surface area contributed by atoms with E-state index in [0.29, 0.717) is 24.4 Å². The minimum atomic E-state index is -3.81. The molecule has 2 aromatic heterocycles. The maximum absolute atomic E-state index is 13.9. The third kappa shape index (κ3) is 2.98. The quantitative estimate of drug-likeness (QED) is 0.504. The van der Waals surface area contributed by atoms with Crippen LogP contribution in [-0.2, 0) is 16.6 Å². The van der Waals surface area contributed by atoms with Crippen molar-refractivity contribution in [1.82, 2.24) is 13.9 Å². The van der Waals surface area contributed by atoms with Crippen LogP contribution in [0.4, 0.5) is 0 Å². The second-order valence-corrected chi connectivity index (χ2v) is 9.11. The van der Waals surface area contributed by atoms with E-state index in [1.165, 1.54) is 0 Å². The lowest BCUT2D eigenvalue weighted by atomic mass is 10.0. The Bertz CT molecular complexity index is 1330. The predicted molar refractivity (Wildman–Crippen MR) is 115 cm³/mol. The molecule has 30 heavy (non-hydrogen) atoms. The molecule has 3 heterocycles. The van der Waals surface area contributed by atoms with Crippen molar-refractivity contribution in [3.63, 3.8) is 0 Å². The summed E-state index contributed by atoms with van der Waals surface area (Å²) in [5.41, 5.74) is 2.29. The van der Waals surface area contributed by atoms with Crippen LogP contribution in [0.3, 0.4) is 0 Å². The van der Waals surface area contributed by atoms with E-state index in [9.17, 15) is 8.42 Å². The number of para-hydroxylation sites is 1. The third-order valence-corrected chi connectivity index (χ3v) is 7.48. The second-order valence-electron chi connectivity index (χ2n) is 7.25. The molecule has 4 aromatic rings. The summed E-state index contributed by atoms with van der Waals surface area (Å²) in [6.45, 7) is 0.968. The third-order valence-electron chi connectivity index (χ3n) is 5.59. The average molecular weight is 420 g/mol. The molecule has 1 aliphatic rings. The molecule has 0 aliphatic carbocycles. The lowest BCUT2D eigenvalue weighted by molar-refractivity contribution is 0.298. The van der Waals surface area contributed by atoms with Crippen LogP contribution in [0.15, 0.2) is 84.0 Å². The summed E-state index contributed by atoms with van der Waals surface area (Å²) < 4.78 is 36.9. The summed E-state index contributed by atoms with van der Waals surface area (Å²) >= 11 is 0. The number of nitrogens with zero attached hydrogens (tertiary/aromatic N) is 3. The monoisotopic (exact) mass is 419 g/mol. The van der Waals surface area contributed by atoms with Gasteiger partial charge in [0.2, 0.25) is 10.0 Å². The Morgan fingerprint density at radius 3 is 2.70 bits per heavy atom. The number of hydrogen-bond acceptors (Lipinski definition) is 4. The molecule has 5 rings (SSSR count). The van der Waals surface area contributed by atoms with Gasteiger partial charge in [0.25, 0.3) is 0 Å². The van der Waals surface area contributed by atoms with Gasteiger partial charge in [-0.3, -0.25) is 4.98 Å². The Hall–Kier alpha value is -3.16. The second kappa shape index (κ2) is 7.27. The molecule has 1 aliphatic heterocycles. The lowest BCUT2D eigenvalue weighted by Gasteiger charge is -2.36. The summed E-state index contributed by atoms with van der Waals surface area (Å²) in [4.78, 5) is 4.60. The van der Waals surface area contributed by atoms with Crippen LogP contribution in [0.1, 0.15) is 17.3 Å². The van der Waals surface area contributed by atoms with Gasteiger partial charge < -0.3 is 9.30 Å². The normalized spacial score (nSPS) is 17.0. The summed E-state index contributed by atoms with van der Waals surface area (Å²) in [7, 11) is -2.20. The van der Waals surface area contributed by atoms with Crippen LogP contribution in [-0.4, -0.2) is 35.9 Å². The van der Waals surface area contributed by atoms with Crippen LogP contribution in [0.2, 0.25) is 0 Å². The maximum atomic E-state index is 13.9. The first kappa shape index (κ1) is 18.8. The van der Waals surface area contributed by atoms with Gasteiger partial charge in [-0.1, -0.05) is 30.3 Å². The first-order chi connectivity index (χ1) is 14.6. The number of ether oxygens (including phenoxy) is 1. The number of aromatic nitrogens is 2. The summed E-state index contributed by atoms with van der Waals surface area (Å²) in [5, 5.41) is 0.803. The molecule has 0 amide bonds. The van der Waals surface area contributed by atoms with Crippen molar-refractivity contribution in [2.45, 2.75) is 17.5 Å². The highest BCUT2D eigenvalue weighted by Crippen LogP contribution is 2.38. The summed E-state index contributed by atoms with van der Waals surface area (Å²) in [6, 6.07) is 20.1. The molecule has 7 heteroatoms. The first-order valence-corrected chi connectivity index (χ1v) is 11.2. The fraction of sp³-hybridized carbons (Fsp3) is 0.174. The van der Waals surface area contributed by atoms with Gasteiger partial charge in [0.1, 0.15) is 10.6 Å². The highest BCUT2D eigenvalue weighted by molar-refractivity contribution is 7.89. The highest BCUT2D eigenvalue weighted by atomic mass is 32.2. The zero-order chi connectivity index (χ0) is 20.7. The van der Waals surface area contributed by atoms with Gasteiger partial charge in [0.05, 0.1) is 18.7 Å². The minimum Gasteiger partial charge on any atom is -0.497 e. The van der Waals surface area contributed by atoms with Crippen molar-refractivity contribution in [2.75, 3.05) is 13.7 Å². The van der Waals surface area contributed by atoms with E-state index in [0.717, 1.165) is 16.6 Å². The lowest BCUT2D eigenvalue weighted by Crippen LogP contribution is -2.42. The first-order valence-electron chi connectivity index (χ1n) is 9.74. The fourth-order valence-corrected chi connectivity index (χ4v) is 5.93. The molecule has 152 valence electrons. The van der Waals surface area contributed by atoms with Crippen LogP contribution in [0.5, 0.6) is 5.75 Å². The molecule has 1 atom stereocenters. The van der Waals surface area contributed by atoms with Gasteiger partial charge in [0.15, 0.2) is 0 Å². The Morgan fingerprint density at radius 2 is 1.83 bits per heavy atom. The number of methoxy groups -OCH3 is 1. The largest absolute Gasteiger partial charge is 0.497 e. The smallest absolute Gasteiger partial charge is 0.246 e.